The van der Waals surface area contributed by atoms with Crippen molar-refractivity contribution >= 4 is 17.6 Å². The predicted molar refractivity (Wildman–Crippen MR) is 114 cm³/mol. The minimum absolute atomic E-state index is 0.260. The van der Waals surface area contributed by atoms with E-state index < -0.39 is 12.0 Å². The third kappa shape index (κ3) is 3.57. The van der Waals surface area contributed by atoms with Gasteiger partial charge in [-0.3, -0.25) is 0 Å². The van der Waals surface area contributed by atoms with Crippen molar-refractivity contribution in [2.75, 3.05) is 18.5 Å². The van der Waals surface area contributed by atoms with Crippen molar-refractivity contribution < 1.29 is 14.3 Å². The second kappa shape index (κ2) is 8.65. The molecule has 0 aliphatic carbocycles. The van der Waals surface area contributed by atoms with Gasteiger partial charge in [0.05, 0.1) is 17.9 Å². The first kappa shape index (κ1) is 19.4. The molecule has 0 bridgehead atoms. The zero-order chi connectivity index (χ0) is 20.9. The molecule has 4 rings (SSSR count). The number of nitrogens with one attached hydrogen (secondary N) is 1. The molecule has 7 heteroatoms. The predicted octanol–water partition coefficient (Wildman–Crippen LogP) is 3.83. The van der Waals surface area contributed by atoms with Crippen LogP contribution in [0.5, 0.6) is 5.75 Å². The lowest BCUT2D eigenvalue weighted by molar-refractivity contribution is -0.138. The van der Waals surface area contributed by atoms with E-state index in [2.05, 4.69) is 22.0 Å². The van der Waals surface area contributed by atoms with E-state index in [1.807, 2.05) is 54.6 Å². The van der Waals surface area contributed by atoms with Crippen molar-refractivity contribution in [2.24, 2.45) is 0 Å². The first-order chi connectivity index (χ1) is 14.7. The van der Waals surface area contributed by atoms with Crippen LogP contribution < -0.4 is 10.1 Å². The zero-order valence-corrected chi connectivity index (χ0v) is 16.6. The summed E-state index contributed by atoms with van der Waals surface area (Å²) in [6, 6.07) is 16.6. The van der Waals surface area contributed by atoms with Crippen molar-refractivity contribution in [2.45, 2.75) is 13.0 Å². The van der Waals surface area contributed by atoms with Gasteiger partial charge in [0, 0.05) is 5.56 Å². The Hall–Kier alpha value is -3.87. The highest BCUT2D eigenvalue weighted by Crippen LogP contribution is 2.41. The van der Waals surface area contributed by atoms with Gasteiger partial charge < -0.3 is 14.8 Å². The Kier molecular flexibility index (Phi) is 5.61. The number of esters is 1. The monoisotopic (exact) mass is 402 g/mol. The molecule has 0 amide bonds. The number of ether oxygens (including phenoxy) is 2. The van der Waals surface area contributed by atoms with E-state index in [9.17, 15) is 4.79 Å². The summed E-state index contributed by atoms with van der Waals surface area (Å²) in [6.07, 6.45) is 3.14. The van der Waals surface area contributed by atoms with Gasteiger partial charge in [0.2, 0.25) is 5.95 Å². The van der Waals surface area contributed by atoms with Gasteiger partial charge in [-0.2, -0.15) is 10.1 Å². The lowest BCUT2D eigenvalue weighted by Crippen LogP contribution is -2.30. The van der Waals surface area contributed by atoms with Gasteiger partial charge in [-0.15, -0.1) is 0 Å². The number of fused-ring (bicyclic) bond motifs is 1. The molecule has 152 valence electrons. The smallest absolute Gasteiger partial charge is 0.338 e. The van der Waals surface area contributed by atoms with Crippen LogP contribution in [0.4, 0.5) is 5.95 Å². The lowest BCUT2D eigenvalue weighted by Gasteiger charge is -2.30. The summed E-state index contributed by atoms with van der Waals surface area (Å²) in [5, 5.41) is 7.64. The Morgan fingerprint density at radius 1 is 1.20 bits per heavy atom. The van der Waals surface area contributed by atoms with E-state index in [1.165, 1.54) is 6.33 Å². The van der Waals surface area contributed by atoms with Crippen LogP contribution in [0.2, 0.25) is 0 Å². The summed E-state index contributed by atoms with van der Waals surface area (Å²) in [6.45, 7) is 6.11. The quantitative estimate of drug-likeness (QED) is 0.478. The SMILES string of the molecule is C=CCOc1ccccc1[C@H]1C(C(=O)OCC)=C(c2ccccc2)Nc2ncnn21. The van der Waals surface area contributed by atoms with Gasteiger partial charge in [-0.05, 0) is 18.6 Å². The van der Waals surface area contributed by atoms with Crippen molar-refractivity contribution in [3.05, 3.63) is 90.3 Å². The average Bonchev–Trinajstić information content (AvgIpc) is 3.26. The molecule has 0 fully saturated rings. The van der Waals surface area contributed by atoms with Crippen molar-refractivity contribution in [3.63, 3.8) is 0 Å². The highest BCUT2D eigenvalue weighted by molar-refractivity contribution is 6.02. The van der Waals surface area contributed by atoms with Crippen LogP contribution in [0, 0.1) is 0 Å². The number of rotatable bonds is 7. The third-order valence-corrected chi connectivity index (χ3v) is 4.73. The van der Waals surface area contributed by atoms with Gasteiger partial charge in [0.25, 0.3) is 0 Å². The number of nitrogens with zero attached hydrogens (tertiary/aromatic N) is 3. The largest absolute Gasteiger partial charge is 0.489 e. The maximum atomic E-state index is 13.2. The normalized spacial score (nSPS) is 15.2. The molecule has 0 spiro atoms. The third-order valence-electron chi connectivity index (χ3n) is 4.73. The molecule has 2 aromatic carbocycles. The maximum absolute atomic E-state index is 13.2. The van der Waals surface area contributed by atoms with E-state index in [0.29, 0.717) is 29.6 Å². The minimum atomic E-state index is -0.570. The van der Waals surface area contributed by atoms with E-state index in [1.54, 1.807) is 17.7 Å². The van der Waals surface area contributed by atoms with Crippen LogP contribution >= 0.6 is 0 Å². The van der Waals surface area contributed by atoms with E-state index >= 15 is 0 Å². The molecule has 0 saturated heterocycles. The molecule has 2 heterocycles. The molecule has 0 saturated carbocycles. The zero-order valence-electron chi connectivity index (χ0n) is 16.6. The molecular formula is C23H22N4O3. The molecule has 7 nitrogen and oxygen atoms in total. The van der Waals surface area contributed by atoms with Crippen molar-refractivity contribution in [3.8, 4) is 5.75 Å². The molecule has 3 aromatic rings. The van der Waals surface area contributed by atoms with E-state index in [-0.39, 0.29) is 6.61 Å². The Labute approximate surface area is 174 Å². The molecular weight excluding hydrogens is 380 g/mol. The van der Waals surface area contributed by atoms with Gasteiger partial charge in [0.1, 0.15) is 24.7 Å². The fourth-order valence-electron chi connectivity index (χ4n) is 3.50. The van der Waals surface area contributed by atoms with Crippen molar-refractivity contribution in [1.82, 2.24) is 14.8 Å². The number of para-hydroxylation sites is 1. The molecule has 1 N–H and O–H groups in total. The van der Waals surface area contributed by atoms with Gasteiger partial charge in [-0.25, -0.2) is 9.48 Å². The molecule has 1 atom stereocenters. The summed E-state index contributed by atoms with van der Waals surface area (Å²) in [5.74, 6) is 0.749. The van der Waals surface area contributed by atoms with E-state index in [4.69, 9.17) is 9.47 Å². The summed E-state index contributed by atoms with van der Waals surface area (Å²) < 4.78 is 13.0. The number of aromatic nitrogens is 3. The van der Waals surface area contributed by atoms with Crippen LogP contribution in [0.3, 0.4) is 0 Å². The lowest BCUT2D eigenvalue weighted by atomic mass is 9.92. The fraction of sp³-hybridized carbons (Fsp3) is 0.174. The van der Waals surface area contributed by atoms with E-state index in [0.717, 1.165) is 11.1 Å². The first-order valence-electron chi connectivity index (χ1n) is 9.70. The number of hydrogen-bond acceptors (Lipinski definition) is 6. The van der Waals surface area contributed by atoms with Crippen LogP contribution in [0.1, 0.15) is 24.1 Å². The number of carbonyl (C=O) groups is 1. The second-order valence-electron chi connectivity index (χ2n) is 6.57. The number of anilines is 1. The first-order valence-corrected chi connectivity index (χ1v) is 9.70. The van der Waals surface area contributed by atoms with Crippen LogP contribution in [-0.2, 0) is 9.53 Å². The summed E-state index contributed by atoms with van der Waals surface area (Å²) in [5.41, 5.74) is 2.71. The molecule has 0 unspecified atom stereocenters. The Balaban J connectivity index is 1.95. The highest BCUT2D eigenvalue weighted by atomic mass is 16.5. The van der Waals surface area contributed by atoms with Gasteiger partial charge in [-0.1, -0.05) is 61.2 Å². The van der Waals surface area contributed by atoms with Gasteiger partial charge in [0.15, 0.2) is 0 Å². The Morgan fingerprint density at radius 3 is 2.73 bits per heavy atom. The van der Waals surface area contributed by atoms with Crippen LogP contribution in [0.15, 0.2) is 79.2 Å². The van der Waals surface area contributed by atoms with Crippen molar-refractivity contribution in [1.29, 1.82) is 0 Å². The fourth-order valence-corrected chi connectivity index (χ4v) is 3.50. The molecule has 1 aliphatic rings. The molecule has 30 heavy (non-hydrogen) atoms. The summed E-state index contributed by atoms with van der Waals surface area (Å²) >= 11 is 0. The Morgan fingerprint density at radius 2 is 1.97 bits per heavy atom. The molecule has 1 aromatic heterocycles. The van der Waals surface area contributed by atoms with Gasteiger partial charge >= 0.3 is 5.97 Å². The maximum Gasteiger partial charge on any atom is 0.338 e. The highest BCUT2D eigenvalue weighted by Gasteiger charge is 2.37. The molecule has 1 aliphatic heterocycles. The average molecular weight is 402 g/mol. The van der Waals surface area contributed by atoms with Crippen LogP contribution in [-0.4, -0.2) is 33.9 Å². The molecule has 0 radical (unpaired) electrons. The van der Waals surface area contributed by atoms with Crippen LogP contribution in [0.25, 0.3) is 5.70 Å². The number of hydrogen-bond donors (Lipinski definition) is 1. The Bertz CT molecular complexity index is 1090. The number of carbonyl (C=O) groups excluding carboxylic acids is 1. The minimum Gasteiger partial charge on any atom is -0.489 e. The second-order valence-corrected chi connectivity index (χ2v) is 6.57. The topological polar surface area (TPSA) is 78.3 Å². The number of benzene rings is 2. The summed E-state index contributed by atoms with van der Waals surface area (Å²) in [4.78, 5) is 17.5. The summed E-state index contributed by atoms with van der Waals surface area (Å²) in [7, 11) is 0. The standard InChI is InChI=1S/C23H22N4O3/c1-3-14-30-18-13-9-8-12-17(18)21-19(22(28)29-4-2)20(16-10-6-5-7-11-16)26-23-24-15-25-27(21)23/h3,5-13,15,21H,1,4,14H2,2H3,(H,24,25,26)/t21-/m0/s1.